The fraction of sp³-hybridized carbons (Fsp3) is 0.0833. The molecule has 1 N–H and O–H groups in total. The minimum absolute atomic E-state index is 0.0986. The average Bonchev–Trinajstić information content (AvgIpc) is 2.98. The van der Waals surface area contributed by atoms with Crippen molar-refractivity contribution in [2.45, 2.75) is 6.92 Å². The molecule has 0 fully saturated rings. The number of nitro benzene ring substituents is 2. The summed E-state index contributed by atoms with van der Waals surface area (Å²) in [6.07, 6.45) is 0. The normalized spacial score (nSPS) is 11.2. The molecule has 8 nitrogen and oxygen atoms in total. The molecule has 0 atom stereocenters. The highest BCUT2D eigenvalue weighted by molar-refractivity contribution is 7.12. The molecule has 0 spiro atoms. The summed E-state index contributed by atoms with van der Waals surface area (Å²) in [5.41, 5.74) is 2.60. The maximum atomic E-state index is 11.0. The second kappa shape index (κ2) is 6.09. The van der Waals surface area contributed by atoms with Crippen molar-refractivity contribution >= 4 is 34.1 Å². The van der Waals surface area contributed by atoms with E-state index >= 15 is 0 Å². The second-order valence-electron chi connectivity index (χ2n) is 4.00. The van der Waals surface area contributed by atoms with E-state index in [0.29, 0.717) is 5.71 Å². The number of hydrazone groups is 1. The first-order valence-electron chi connectivity index (χ1n) is 5.76. The number of nitro groups is 2. The SMILES string of the molecule is CC(=NNc1ccc([N+](=O)[O-])cc1[N+](=O)[O-])c1cccs1. The van der Waals surface area contributed by atoms with Crippen LogP contribution in [0.3, 0.4) is 0 Å². The van der Waals surface area contributed by atoms with Gasteiger partial charge in [0.2, 0.25) is 0 Å². The van der Waals surface area contributed by atoms with Crippen LogP contribution in [0.4, 0.5) is 17.1 Å². The molecular formula is C12H10N4O4S. The number of benzene rings is 1. The van der Waals surface area contributed by atoms with E-state index in [9.17, 15) is 20.2 Å². The second-order valence-corrected chi connectivity index (χ2v) is 4.95. The Kier molecular flexibility index (Phi) is 4.24. The molecule has 0 bridgehead atoms. The van der Waals surface area contributed by atoms with Crippen molar-refractivity contribution in [3.05, 3.63) is 60.8 Å². The molecule has 1 aromatic heterocycles. The highest BCUT2D eigenvalue weighted by Crippen LogP contribution is 2.29. The van der Waals surface area contributed by atoms with E-state index in [1.807, 2.05) is 17.5 Å². The lowest BCUT2D eigenvalue weighted by molar-refractivity contribution is -0.393. The first-order chi connectivity index (χ1) is 9.99. The van der Waals surface area contributed by atoms with E-state index in [0.717, 1.165) is 10.9 Å². The van der Waals surface area contributed by atoms with Crippen LogP contribution >= 0.6 is 11.3 Å². The summed E-state index contributed by atoms with van der Waals surface area (Å²) >= 11 is 1.49. The molecule has 1 aromatic carbocycles. The summed E-state index contributed by atoms with van der Waals surface area (Å²) in [5, 5.41) is 27.6. The third-order valence-corrected chi connectivity index (χ3v) is 3.59. The molecule has 2 aromatic rings. The molecule has 0 saturated heterocycles. The molecular weight excluding hydrogens is 296 g/mol. The van der Waals surface area contributed by atoms with E-state index in [2.05, 4.69) is 10.5 Å². The van der Waals surface area contributed by atoms with Gasteiger partial charge in [-0.1, -0.05) is 6.07 Å². The van der Waals surface area contributed by atoms with Gasteiger partial charge in [-0.3, -0.25) is 25.7 Å². The van der Waals surface area contributed by atoms with Crippen molar-refractivity contribution in [1.82, 2.24) is 0 Å². The van der Waals surface area contributed by atoms with Crippen LogP contribution < -0.4 is 5.43 Å². The zero-order valence-corrected chi connectivity index (χ0v) is 11.7. The number of hydrogen-bond acceptors (Lipinski definition) is 7. The predicted octanol–water partition coefficient (Wildman–Crippen LogP) is 3.40. The van der Waals surface area contributed by atoms with Crippen LogP contribution in [0.15, 0.2) is 40.8 Å². The molecule has 21 heavy (non-hydrogen) atoms. The number of nitrogens with zero attached hydrogens (tertiary/aromatic N) is 3. The van der Waals surface area contributed by atoms with Gasteiger partial charge in [-0.2, -0.15) is 5.10 Å². The highest BCUT2D eigenvalue weighted by atomic mass is 32.1. The zero-order chi connectivity index (χ0) is 15.4. The van der Waals surface area contributed by atoms with Gasteiger partial charge in [0.15, 0.2) is 0 Å². The van der Waals surface area contributed by atoms with Gasteiger partial charge in [-0.15, -0.1) is 11.3 Å². The van der Waals surface area contributed by atoms with Crippen molar-refractivity contribution in [3.63, 3.8) is 0 Å². The molecule has 9 heteroatoms. The molecule has 0 aliphatic carbocycles. The van der Waals surface area contributed by atoms with Gasteiger partial charge in [0.1, 0.15) is 5.69 Å². The van der Waals surface area contributed by atoms with E-state index in [1.165, 1.54) is 23.5 Å². The Morgan fingerprint density at radius 3 is 2.57 bits per heavy atom. The van der Waals surface area contributed by atoms with Crippen LogP contribution in [0.1, 0.15) is 11.8 Å². The smallest absolute Gasteiger partial charge is 0.271 e. The third kappa shape index (κ3) is 3.39. The molecule has 0 unspecified atom stereocenters. The van der Waals surface area contributed by atoms with Crippen molar-refractivity contribution in [2.75, 3.05) is 5.43 Å². The van der Waals surface area contributed by atoms with Crippen LogP contribution in [-0.4, -0.2) is 15.6 Å². The molecule has 108 valence electrons. The van der Waals surface area contributed by atoms with Gasteiger partial charge in [-0.05, 0) is 24.4 Å². The zero-order valence-electron chi connectivity index (χ0n) is 10.8. The van der Waals surface area contributed by atoms with E-state index in [4.69, 9.17) is 0 Å². The Bertz CT molecular complexity index is 712. The van der Waals surface area contributed by atoms with Gasteiger partial charge in [0, 0.05) is 10.9 Å². The molecule has 0 saturated carbocycles. The van der Waals surface area contributed by atoms with Crippen LogP contribution in [0, 0.1) is 20.2 Å². The van der Waals surface area contributed by atoms with Gasteiger partial charge in [0.25, 0.3) is 5.69 Å². The predicted molar refractivity (Wildman–Crippen MR) is 79.9 cm³/mol. The van der Waals surface area contributed by atoms with Crippen molar-refractivity contribution in [3.8, 4) is 0 Å². The lowest BCUT2D eigenvalue weighted by Crippen LogP contribution is -2.01. The first-order valence-corrected chi connectivity index (χ1v) is 6.64. The quantitative estimate of drug-likeness (QED) is 0.517. The number of anilines is 1. The van der Waals surface area contributed by atoms with E-state index in [-0.39, 0.29) is 11.4 Å². The molecule has 0 radical (unpaired) electrons. The van der Waals surface area contributed by atoms with Gasteiger partial charge >= 0.3 is 5.69 Å². The Morgan fingerprint density at radius 2 is 2.00 bits per heavy atom. The summed E-state index contributed by atoms with van der Waals surface area (Å²) in [6, 6.07) is 7.09. The lowest BCUT2D eigenvalue weighted by atomic mass is 10.2. The largest absolute Gasteiger partial charge is 0.301 e. The Hall–Kier alpha value is -2.81. The average molecular weight is 306 g/mol. The third-order valence-electron chi connectivity index (χ3n) is 2.61. The summed E-state index contributed by atoms with van der Waals surface area (Å²) in [4.78, 5) is 21.2. The molecule has 2 rings (SSSR count). The van der Waals surface area contributed by atoms with Crippen molar-refractivity contribution < 1.29 is 9.85 Å². The number of thiophene rings is 1. The molecule has 0 aliphatic heterocycles. The van der Waals surface area contributed by atoms with Crippen LogP contribution in [0.25, 0.3) is 0 Å². The number of nitrogens with one attached hydrogen (secondary N) is 1. The summed E-state index contributed by atoms with van der Waals surface area (Å²) in [6.45, 7) is 1.76. The van der Waals surface area contributed by atoms with Crippen LogP contribution in [-0.2, 0) is 0 Å². The monoisotopic (exact) mass is 306 g/mol. The highest BCUT2D eigenvalue weighted by Gasteiger charge is 2.19. The maximum absolute atomic E-state index is 11.0. The maximum Gasteiger partial charge on any atom is 0.301 e. The number of hydrogen-bond donors (Lipinski definition) is 1. The van der Waals surface area contributed by atoms with E-state index in [1.54, 1.807) is 6.92 Å². The van der Waals surface area contributed by atoms with Crippen molar-refractivity contribution in [1.29, 1.82) is 0 Å². The number of rotatable bonds is 5. The van der Waals surface area contributed by atoms with Crippen molar-refractivity contribution in [2.24, 2.45) is 5.10 Å². The van der Waals surface area contributed by atoms with Gasteiger partial charge in [0.05, 0.1) is 21.6 Å². The van der Waals surface area contributed by atoms with Crippen LogP contribution in [0.2, 0.25) is 0 Å². The summed E-state index contributed by atoms with van der Waals surface area (Å²) < 4.78 is 0. The van der Waals surface area contributed by atoms with Gasteiger partial charge in [-0.25, -0.2) is 0 Å². The van der Waals surface area contributed by atoms with E-state index < -0.39 is 15.5 Å². The minimum Gasteiger partial charge on any atom is -0.271 e. The minimum atomic E-state index is -0.689. The fourth-order valence-electron chi connectivity index (χ4n) is 1.56. The lowest BCUT2D eigenvalue weighted by Gasteiger charge is -2.03. The molecule has 1 heterocycles. The topological polar surface area (TPSA) is 111 Å². The van der Waals surface area contributed by atoms with Gasteiger partial charge < -0.3 is 0 Å². The number of non-ortho nitro benzene ring substituents is 1. The Morgan fingerprint density at radius 1 is 1.24 bits per heavy atom. The first kappa shape index (κ1) is 14.6. The Labute approximate surface area is 123 Å². The molecule has 0 aliphatic rings. The summed E-state index contributed by atoms with van der Waals surface area (Å²) in [7, 11) is 0. The standard InChI is InChI=1S/C12H10N4O4S/c1-8(12-3-2-6-21-12)13-14-10-5-4-9(15(17)18)7-11(10)16(19)20/h2-7,14H,1H3. The summed E-state index contributed by atoms with van der Waals surface area (Å²) in [5.74, 6) is 0. The van der Waals surface area contributed by atoms with Crippen LogP contribution in [0.5, 0.6) is 0 Å². The Balaban J connectivity index is 2.29. The fourth-order valence-corrected chi connectivity index (χ4v) is 2.24. The molecule has 0 amide bonds.